The summed E-state index contributed by atoms with van der Waals surface area (Å²) >= 11 is 8.13. The van der Waals surface area contributed by atoms with Crippen molar-refractivity contribution in [3.05, 3.63) is 55.1 Å². The second-order valence-corrected chi connectivity index (χ2v) is 5.71. The highest BCUT2D eigenvalue weighted by molar-refractivity contribution is 9.10. The number of ketones is 1. The van der Waals surface area contributed by atoms with E-state index in [1.54, 1.807) is 0 Å². The Morgan fingerprint density at radius 3 is 2.53 bits per heavy atom. The number of carbonyl (C=O) groups is 1. The summed E-state index contributed by atoms with van der Waals surface area (Å²) in [5, 5.41) is 1.91. The Kier molecular flexibility index (Phi) is 3.38. The molecule has 0 aliphatic carbocycles. The first-order chi connectivity index (χ1) is 7.16. The lowest BCUT2D eigenvalue weighted by Gasteiger charge is -1.98. The lowest BCUT2D eigenvalue weighted by atomic mass is 10.1. The summed E-state index contributed by atoms with van der Waals surface area (Å²) in [6.07, 6.45) is 0. The summed E-state index contributed by atoms with van der Waals surface area (Å²) in [5.41, 5.74) is 0.707. The number of carbonyl (C=O) groups excluding carboxylic acids is 1. The lowest BCUT2D eigenvalue weighted by molar-refractivity contribution is 0.104. The van der Waals surface area contributed by atoms with Gasteiger partial charge < -0.3 is 0 Å². The van der Waals surface area contributed by atoms with Crippen LogP contribution in [0.5, 0.6) is 0 Å². The predicted molar refractivity (Wildman–Crippen MR) is 69.6 cm³/mol. The van der Waals surface area contributed by atoms with Gasteiger partial charge in [0, 0.05) is 19.9 Å². The zero-order chi connectivity index (χ0) is 10.8. The van der Waals surface area contributed by atoms with Gasteiger partial charge in [-0.3, -0.25) is 4.79 Å². The Morgan fingerprint density at radius 1 is 1.13 bits per heavy atom. The first kappa shape index (κ1) is 11.0. The van der Waals surface area contributed by atoms with E-state index in [0.29, 0.717) is 5.56 Å². The Labute approximate surface area is 108 Å². The van der Waals surface area contributed by atoms with Gasteiger partial charge in [0.2, 0.25) is 5.78 Å². The zero-order valence-corrected chi connectivity index (χ0v) is 11.5. The summed E-state index contributed by atoms with van der Waals surface area (Å²) in [6.45, 7) is 0. The van der Waals surface area contributed by atoms with Crippen LogP contribution < -0.4 is 0 Å². The van der Waals surface area contributed by atoms with Crippen molar-refractivity contribution in [2.45, 2.75) is 0 Å². The van der Waals surface area contributed by atoms with E-state index in [9.17, 15) is 4.79 Å². The lowest BCUT2D eigenvalue weighted by Crippen LogP contribution is -1.97. The van der Waals surface area contributed by atoms with Crippen molar-refractivity contribution in [3.8, 4) is 0 Å². The molecule has 0 spiro atoms. The molecule has 0 radical (unpaired) electrons. The van der Waals surface area contributed by atoms with E-state index >= 15 is 0 Å². The van der Waals surface area contributed by atoms with Crippen LogP contribution in [-0.2, 0) is 0 Å². The molecule has 2 aromatic rings. The summed E-state index contributed by atoms with van der Waals surface area (Å²) in [7, 11) is 0. The van der Waals surface area contributed by atoms with Crippen LogP contribution in [0, 0.1) is 0 Å². The van der Waals surface area contributed by atoms with Crippen molar-refractivity contribution in [1.82, 2.24) is 0 Å². The summed E-state index contributed by atoms with van der Waals surface area (Å²) < 4.78 is 1.87. The molecule has 0 saturated carbocycles. The van der Waals surface area contributed by atoms with Gasteiger partial charge in [-0.1, -0.05) is 28.1 Å². The van der Waals surface area contributed by atoms with Gasteiger partial charge in [0.15, 0.2) is 0 Å². The molecule has 15 heavy (non-hydrogen) atoms. The number of hydrogen-bond donors (Lipinski definition) is 0. The summed E-state index contributed by atoms with van der Waals surface area (Å²) in [6, 6.07) is 9.26. The topological polar surface area (TPSA) is 17.1 Å². The van der Waals surface area contributed by atoms with E-state index in [0.717, 1.165) is 13.8 Å². The number of rotatable bonds is 2. The fourth-order valence-corrected chi connectivity index (χ4v) is 2.99. The molecule has 0 N–H and O–H groups in total. The molecule has 1 nitrogen and oxygen atoms in total. The van der Waals surface area contributed by atoms with Gasteiger partial charge in [-0.2, -0.15) is 0 Å². The average molecular weight is 346 g/mol. The first-order valence-corrected chi connectivity index (χ1v) is 6.67. The third-order valence-corrected chi connectivity index (χ3v) is 4.06. The quantitative estimate of drug-likeness (QED) is 0.732. The smallest absolute Gasteiger partial charge is 0.203 e. The first-order valence-electron chi connectivity index (χ1n) is 4.21. The SMILES string of the molecule is O=C(c1cccc(Br)c1)c1cc(Br)cs1. The molecule has 1 aromatic carbocycles. The minimum atomic E-state index is 0.0620. The largest absolute Gasteiger partial charge is 0.288 e. The molecule has 2 rings (SSSR count). The molecular formula is C11H6Br2OS. The van der Waals surface area contributed by atoms with Crippen LogP contribution in [0.3, 0.4) is 0 Å². The van der Waals surface area contributed by atoms with E-state index in [1.807, 2.05) is 35.7 Å². The maximum Gasteiger partial charge on any atom is 0.203 e. The average Bonchev–Trinajstić information content (AvgIpc) is 2.64. The minimum Gasteiger partial charge on any atom is -0.288 e. The summed E-state index contributed by atoms with van der Waals surface area (Å²) in [4.78, 5) is 12.7. The molecule has 4 heteroatoms. The summed E-state index contributed by atoms with van der Waals surface area (Å²) in [5.74, 6) is 0.0620. The van der Waals surface area contributed by atoms with Crippen LogP contribution in [0.2, 0.25) is 0 Å². The van der Waals surface area contributed by atoms with Gasteiger partial charge >= 0.3 is 0 Å². The van der Waals surface area contributed by atoms with E-state index in [-0.39, 0.29) is 5.78 Å². The van der Waals surface area contributed by atoms with Crippen LogP contribution >= 0.6 is 43.2 Å². The van der Waals surface area contributed by atoms with Crippen LogP contribution in [0.15, 0.2) is 44.7 Å². The zero-order valence-electron chi connectivity index (χ0n) is 7.54. The fraction of sp³-hybridized carbons (Fsp3) is 0. The van der Waals surface area contributed by atoms with Gasteiger partial charge in [-0.05, 0) is 34.1 Å². The highest BCUT2D eigenvalue weighted by Gasteiger charge is 2.11. The van der Waals surface area contributed by atoms with Crippen molar-refractivity contribution < 1.29 is 4.79 Å². The van der Waals surface area contributed by atoms with Crippen molar-refractivity contribution in [2.24, 2.45) is 0 Å². The minimum absolute atomic E-state index is 0.0620. The molecular weight excluding hydrogens is 340 g/mol. The van der Waals surface area contributed by atoms with Crippen molar-refractivity contribution in [2.75, 3.05) is 0 Å². The van der Waals surface area contributed by atoms with Crippen molar-refractivity contribution in [1.29, 1.82) is 0 Å². The number of halogens is 2. The molecule has 0 unspecified atom stereocenters. The van der Waals surface area contributed by atoms with Gasteiger partial charge in [0.1, 0.15) is 0 Å². The van der Waals surface area contributed by atoms with Crippen LogP contribution in [0.4, 0.5) is 0 Å². The van der Waals surface area contributed by atoms with Crippen LogP contribution in [0.1, 0.15) is 15.2 Å². The third-order valence-electron chi connectivity index (χ3n) is 1.88. The molecule has 1 aromatic heterocycles. The Hall–Kier alpha value is -0.450. The molecule has 0 bridgehead atoms. The highest BCUT2D eigenvalue weighted by Crippen LogP contribution is 2.23. The molecule has 0 saturated heterocycles. The second kappa shape index (κ2) is 4.60. The van der Waals surface area contributed by atoms with Gasteiger partial charge in [0.25, 0.3) is 0 Å². The normalized spacial score (nSPS) is 10.3. The van der Waals surface area contributed by atoms with Crippen molar-refractivity contribution >= 4 is 49.0 Å². The van der Waals surface area contributed by atoms with Gasteiger partial charge in [-0.25, -0.2) is 0 Å². The Morgan fingerprint density at radius 2 is 1.93 bits per heavy atom. The van der Waals surface area contributed by atoms with Crippen LogP contribution in [0.25, 0.3) is 0 Å². The number of thiophene rings is 1. The van der Waals surface area contributed by atoms with E-state index in [2.05, 4.69) is 31.9 Å². The molecule has 0 fully saturated rings. The Balaban J connectivity index is 2.36. The maximum atomic E-state index is 12.0. The number of benzene rings is 1. The Bertz CT molecular complexity index is 505. The van der Waals surface area contributed by atoms with Gasteiger partial charge in [0.05, 0.1) is 4.88 Å². The highest BCUT2D eigenvalue weighted by atomic mass is 79.9. The molecule has 76 valence electrons. The predicted octanol–water partition coefficient (Wildman–Crippen LogP) is 4.50. The number of hydrogen-bond acceptors (Lipinski definition) is 2. The third kappa shape index (κ3) is 2.56. The standard InChI is InChI=1S/C11H6Br2OS/c12-8-3-1-2-7(4-8)11(14)10-5-9(13)6-15-10/h1-6H. The van der Waals surface area contributed by atoms with Gasteiger partial charge in [-0.15, -0.1) is 11.3 Å². The molecule has 0 atom stereocenters. The molecule has 0 aliphatic heterocycles. The fourth-order valence-electron chi connectivity index (χ4n) is 1.20. The maximum absolute atomic E-state index is 12.0. The van der Waals surface area contributed by atoms with E-state index in [4.69, 9.17) is 0 Å². The second-order valence-electron chi connectivity index (χ2n) is 2.97. The van der Waals surface area contributed by atoms with Crippen LogP contribution in [-0.4, -0.2) is 5.78 Å². The van der Waals surface area contributed by atoms with E-state index < -0.39 is 0 Å². The van der Waals surface area contributed by atoms with Crippen molar-refractivity contribution in [3.63, 3.8) is 0 Å². The molecule has 0 amide bonds. The van der Waals surface area contributed by atoms with E-state index in [1.165, 1.54) is 11.3 Å². The monoisotopic (exact) mass is 344 g/mol. The molecule has 1 heterocycles. The molecule has 0 aliphatic rings.